The number of aryl methyl sites for hydroxylation is 1. The van der Waals surface area contributed by atoms with Crippen LogP contribution in [-0.2, 0) is 6.54 Å². The molecule has 310 valence electrons. The molecule has 5 rings (SSSR count). The monoisotopic (exact) mass is 826 g/mol. The van der Waals surface area contributed by atoms with E-state index in [2.05, 4.69) is 202 Å². The zero-order chi connectivity index (χ0) is 42.0. The number of anilines is 2. The first-order valence-electron chi connectivity index (χ1n) is 20.8. The van der Waals surface area contributed by atoms with Gasteiger partial charge in [0.05, 0.1) is 32.9 Å². The molecule has 5 aromatic rings. The fourth-order valence-corrected chi connectivity index (χ4v) is 9.06. The molecular weight excluding hydrogens is 761 g/mol. The lowest BCUT2D eigenvalue weighted by atomic mass is 10.0. The van der Waals surface area contributed by atoms with Crippen LogP contribution in [0, 0.1) is 0 Å². The van der Waals surface area contributed by atoms with E-state index in [1.807, 2.05) is 40.0 Å². The van der Waals surface area contributed by atoms with Crippen LogP contribution in [-0.4, -0.2) is 109 Å². The number of aromatic nitrogens is 1. The quantitative estimate of drug-likeness (QED) is 0.0163. The molecule has 0 radical (unpaired) electrons. The molecule has 0 aliphatic heterocycles. The lowest BCUT2D eigenvalue weighted by molar-refractivity contribution is -0.887. The van der Waals surface area contributed by atoms with Crippen molar-refractivity contribution in [2.24, 2.45) is 4.99 Å². The Labute approximate surface area is 363 Å². The Kier molecular flexibility index (Phi) is 17.9. The van der Waals surface area contributed by atoms with E-state index in [0.29, 0.717) is 0 Å². The summed E-state index contributed by atoms with van der Waals surface area (Å²) in [5, 5.41) is 5.03. The molecule has 0 unspecified atom stereocenters. The van der Waals surface area contributed by atoms with Crippen molar-refractivity contribution < 1.29 is 9.05 Å². The van der Waals surface area contributed by atoms with Gasteiger partial charge in [0.1, 0.15) is 6.54 Å². The maximum atomic E-state index is 4.67. The summed E-state index contributed by atoms with van der Waals surface area (Å²) < 4.78 is 3.32. The summed E-state index contributed by atoms with van der Waals surface area (Å²) in [7, 11) is 19.3. The summed E-state index contributed by atoms with van der Waals surface area (Å²) in [6.07, 6.45) is 21.1. The summed E-state index contributed by atoms with van der Waals surface area (Å²) in [4.78, 5) is 11.4. The average molecular weight is 827 g/mol. The SMILES string of the molecule is C=CC(/C=C/c1ccc2cc(N(C)C)ccc2c1)=C\C=NCCC[N+](C)(C)CCSSCCN(C)CCC[n+]1ccc(/C=C/c2ccc3cc(N(C)C)ccc3c2)cc1. The summed E-state index contributed by atoms with van der Waals surface area (Å²) in [6.45, 7) is 10.4. The molecule has 6 nitrogen and oxygen atoms in total. The minimum atomic E-state index is 0.840. The number of pyridine rings is 1. The first-order chi connectivity index (χ1) is 28.5. The third-order valence-electron chi connectivity index (χ3n) is 10.6. The van der Waals surface area contributed by atoms with E-state index in [0.717, 1.165) is 61.4 Å². The first kappa shape index (κ1) is 45.5. The highest BCUT2D eigenvalue weighted by molar-refractivity contribution is 8.76. The first-order valence-corrected chi connectivity index (χ1v) is 23.3. The number of quaternary nitrogens is 1. The largest absolute Gasteiger partial charge is 0.378 e. The van der Waals surface area contributed by atoms with Crippen LogP contribution in [0.1, 0.15) is 29.5 Å². The van der Waals surface area contributed by atoms with Crippen LogP contribution in [0.3, 0.4) is 0 Å². The summed E-state index contributed by atoms with van der Waals surface area (Å²) in [5.74, 6) is 2.32. The molecule has 0 spiro atoms. The van der Waals surface area contributed by atoms with E-state index in [1.54, 1.807) is 0 Å². The fourth-order valence-electron chi connectivity index (χ4n) is 6.72. The smallest absolute Gasteiger partial charge is 0.169 e. The van der Waals surface area contributed by atoms with Crippen molar-refractivity contribution in [2.45, 2.75) is 19.4 Å². The molecule has 0 aliphatic carbocycles. The Morgan fingerprint density at radius 1 is 0.661 bits per heavy atom. The standard InChI is InChI=1S/C51H66N6S2/c1-9-42(12-14-44-16-18-48-40-50(53(2)3)22-20-46(48)38-44)24-28-52-27-10-34-57(7,8)35-37-59-58-36-33-55(6)29-11-30-56-31-25-43(26-32-56)13-15-45-17-19-49-41-51(54(4)5)23-21-47(49)39-45/h9,12-26,28,31-32,38-41H,1,10-11,27,29-30,33-37H2,2-8H3/q+2/b14-12+,42-24+,52-28?. The Hall–Kier alpha value is -4.60. The lowest BCUT2D eigenvalue weighted by Gasteiger charge is -2.29. The van der Waals surface area contributed by atoms with E-state index in [-0.39, 0.29) is 0 Å². The number of allylic oxidation sites excluding steroid dienone is 4. The van der Waals surface area contributed by atoms with Crippen molar-refractivity contribution in [3.05, 3.63) is 144 Å². The lowest BCUT2D eigenvalue weighted by Crippen LogP contribution is -2.42. The van der Waals surface area contributed by atoms with Gasteiger partial charge in [0.2, 0.25) is 0 Å². The molecular formula is C51H66N6S2+2. The van der Waals surface area contributed by atoms with Crippen molar-refractivity contribution in [3.63, 3.8) is 0 Å². The van der Waals surface area contributed by atoms with Crippen LogP contribution in [0.15, 0.2) is 133 Å². The number of benzene rings is 4. The summed E-state index contributed by atoms with van der Waals surface area (Å²) in [5.41, 5.74) is 7.10. The minimum Gasteiger partial charge on any atom is -0.378 e. The van der Waals surface area contributed by atoms with Crippen LogP contribution in [0.25, 0.3) is 39.8 Å². The maximum Gasteiger partial charge on any atom is 0.169 e. The fraction of sp³-hybridized carbons (Fsp3) is 0.333. The zero-order valence-electron chi connectivity index (χ0n) is 36.6. The highest BCUT2D eigenvalue weighted by Crippen LogP contribution is 2.25. The zero-order valence-corrected chi connectivity index (χ0v) is 38.2. The Bertz CT molecular complexity index is 2220. The number of nitrogens with zero attached hydrogens (tertiary/aromatic N) is 6. The molecule has 8 heteroatoms. The molecule has 0 N–H and O–H groups in total. The molecule has 0 aliphatic rings. The van der Waals surface area contributed by atoms with E-state index < -0.39 is 0 Å². The second-order valence-corrected chi connectivity index (χ2v) is 19.1. The second kappa shape index (κ2) is 23.3. The Balaban J connectivity index is 0.900. The van der Waals surface area contributed by atoms with Crippen LogP contribution in [0.2, 0.25) is 0 Å². The van der Waals surface area contributed by atoms with Gasteiger partial charge in [0.15, 0.2) is 12.4 Å². The average Bonchev–Trinajstić information content (AvgIpc) is 3.23. The number of aliphatic imine (C=N–C) groups is 1. The molecule has 0 saturated heterocycles. The van der Waals surface area contributed by atoms with Crippen molar-refractivity contribution in [3.8, 4) is 0 Å². The van der Waals surface area contributed by atoms with E-state index in [4.69, 9.17) is 0 Å². The van der Waals surface area contributed by atoms with Gasteiger partial charge in [-0.3, -0.25) is 4.99 Å². The second-order valence-electron chi connectivity index (χ2n) is 16.4. The van der Waals surface area contributed by atoms with Crippen LogP contribution in [0.4, 0.5) is 11.4 Å². The predicted molar refractivity (Wildman–Crippen MR) is 266 cm³/mol. The van der Waals surface area contributed by atoms with Gasteiger partial charge in [0.25, 0.3) is 0 Å². The molecule has 1 aromatic heterocycles. The summed E-state index contributed by atoms with van der Waals surface area (Å²) >= 11 is 0. The van der Waals surface area contributed by atoms with Crippen molar-refractivity contribution in [2.75, 3.05) is 103 Å². The molecule has 59 heavy (non-hydrogen) atoms. The van der Waals surface area contributed by atoms with Crippen LogP contribution in [0.5, 0.6) is 0 Å². The molecule has 0 fully saturated rings. The minimum absolute atomic E-state index is 0.840. The van der Waals surface area contributed by atoms with Gasteiger partial charge >= 0.3 is 0 Å². The molecule has 0 saturated carbocycles. The van der Waals surface area contributed by atoms with Gasteiger partial charge in [-0.15, -0.1) is 0 Å². The van der Waals surface area contributed by atoms with Crippen molar-refractivity contribution >= 4 is 79.0 Å². The van der Waals surface area contributed by atoms with E-state index >= 15 is 0 Å². The third-order valence-corrected chi connectivity index (χ3v) is 13.0. The van der Waals surface area contributed by atoms with Crippen LogP contribution >= 0.6 is 21.6 Å². The molecule has 4 aromatic carbocycles. The normalized spacial score (nSPS) is 12.6. The van der Waals surface area contributed by atoms with Crippen molar-refractivity contribution in [1.82, 2.24) is 4.90 Å². The summed E-state index contributed by atoms with van der Waals surface area (Å²) in [6, 6.07) is 30.9. The molecule has 0 atom stereocenters. The van der Waals surface area contributed by atoms with Gasteiger partial charge in [-0.05, 0) is 93.3 Å². The van der Waals surface area contributed by atoms with Gasteiger partial charge in [-0.25, -0.2) is 4.57 Å². The van der Waals surface area contributed by atoms with Crippen molar-refractivity contribution in [1.29, 1.82) is 0 Å². The number of rotatable bonds is 23. The number of hydrogen-bond donors (Lipinski definition) is 0. The Morgan fingerprint density at radius 3 is 1.86 bits per heavy atom. The molecule has 0 bridgehead atoms. The molecule has 1 heterocycles. The van der Waals surface area contributed by atoms with Gasteiger partial charge in [-0.1, -0.05) is 94.9 Å². The highest BCUT2D eigenvalue weighted by Gasteiger charge is 2.14. The topological polar surface area (TPSA) is 26.0 Å². The van der Waals surface area contributed by atoms with E-state index in [1.165, 1.54) is 61.9 Å². The van der Waals surface area contributed by atoms with Gasteiger partial charge in [0, 0.05) is 96.1 Å². The highest BCUT2D eigenvalue weighted by atomic mass is 33.1. The molecule has 0 amide bonds. The number of fused-ring (bicyclic) bond motifs is 2. The number of hydrogen-bond acceptors (Lipinski definition) is 6. The Morgan fingerprint density at radius 2 is 1.24 bits per heavy atom. The van der Waals surface area contributed by atoms with Gasteiger partial charge in [-0.2, -0.15) is 0 Å². The maximum absolute atomic E-state index is 4.67. The predicted octanol–water partition coefficient (Wildman–Crippen LogP) is 10.6. The van der Waals surface area contributed by atoms with Gasteiger partial charge < -0.3 is 19.2 Å². The van der Waals surface area contributed by atoms with Crippen LogP contribution < -0.4 is 14.4 Å². The van der Waals surface area contributed by atoms with E-state index in [9.17, 15) is 0 Å². The third kappa shape index (κ3) is 15.5.